The Morgan fingerprint density at radius 3 is 2.67 bits per heavy atom. The van der Waals surface area contributed by atoms with Crippen molar-refractivity contribution in [2.45, 2.75) is 0 Å². The minimum absolute atomic E-state index is 0.105. The molecular weight excluding hydrogens is 164 g/mol. The molecule has 0 aliphatic heterocycles. The summed E-state index contributed by atoms with van der Waals surface area (Å²) in [6.45, 7) is 0. The number of aromatic nitrogens is 1. The van der Waals surface area contributed by atoms with Gasteiger partial charge in [-0.2, -0.15) is 4.39 Å². The lowest BCUT2D eigenvalue weighted by atomic mass is 9.79. The molecular formula is C6H5BFNO3. The van der Waals surface area contributed by atoms with E-state index in [-0.39, 0.29) is 17.4 Å². The zero-order valence-corrected chi connectivity index (χ0v) is 5.94. The van der Waals surface area contributed by atoms with Crippen LogP contribution in [-0.4, -0.2) is 28.4 Å². The molecule has 2 N–H and O–H groups in total. The molecule has 0 amide bonds. The van der Waals surface area contributed by atoms with E-state index < -0.39 is 13.1 Å². The van der Waals surface area contributed by atoms with E-state index in [9.17, 15) is 9.18 Å². The van der Waals surface area contributed by atoms with Crippen LogP contribution in [0.3, 0.4) is 0 Å². The number of halogens is 1. The van der Waals surface area contributed by atoms with Gasteiger partial charge in [0.2, 0.25) is 5.95 Å². The summed E-state index contributed by atoms with van der Waals surface area (Å²) in [5.41, 5.74) is -0.406. The first kappa shape index (κ1) is 8.83. The molecule has 4 nitrogen and oxygen atoms in total. The molecule has 0 aromatic carbocycles. The first-order chi connectivity index (χ1) is 5.65. The number of carbonyl (C=O) groups excluding carboxylic acids is 1. The molecule has 0 atom stereocenters. The third kappa shape index (κ3) is 1.66. The maximum Gasteiger partial charge on any atom is 0.490 e. The Morgan fingerprint density at radius 2 is 2.17 bits per heavy atom. The van der Waals surface area contributed by atoms with Crippen LogP contribution in [0.5, 0.6) is 0 Å². The Hall–Kier alpha value is -1.27. The molecule has 12 heavy (non-hydrogen) atoms. The summed E-state index contributed by atoms with van der Waals surface area (Å²) >= 11 is 0. The lowest BCUT2D eigenvalue weighted by molar-refractivity contribution is 0.111. The number of aldehydes is 1. The Bertz CT molecular complexity index is 305. The van der Waals surface area contributed by atoms with E-state index in [0.717, 1.165) is 12.1 Å². The summed E-state index contributed by atoms with van der Waals surface area (Å²) in [5, 5.41) is 17.3. The van der Waals surface area contributed by atoms with Gasteiger partial charge >= 0.3 is 7.12 Å². The third-order valence-electron chi connectivity index (χ3n) is 1.31. The molecule has 0 unspecified atom stereocenters. The topological polar surface area (TPSA) is 70.4 Å². The molecule has 1 aromatic heterocycles. The van der Waals surface area contributed by atoms with Gasteiger partial charge in [0.15, 0.2) is 6.29 Å². The van der Waals surface area contributed by atoms with E-state index >= 15 is 0 Å². The van der Waals surface area contributed by atoms with Crippen molar-refractivity contribution in [3.63, 3.8) is 0 Å². The standard InChI is InChI=1S/C6H5BFNO3/c8-6-2-1-4(7(11)12)5(3-10)9-6/h1-3,11-12H. The second-order valence-electron chi connectivity index (χ2n) is 2.10. The van der Waals surface area contributed by atoms with E-state index in [0.29, 0.717) is 0 Å². The van der Waals surface area contributed by atoms with Gasteiger partial charge in [0, 0.05) is 5.46 Å². The quantitative estimate of drug-likeness (QED) is 0.328. The molecule has 0 radical (unpaired) electrons. The SMILES string of the molecule is O=Cc1nc(F)ccc1B(O)O. The lowest BCUT2D eigenvalue weighted by Crippen LogP contribution is -2.34. The Balaban J connectivity index is 3.20. The predicted molar refractivity (Wildman–Crippen MR) is 39.4 cm³/mol. The minimum Gasteiger partial charge on any atom is -0.423 e. The lowest BCUT2D eigenvalue weighted by Gasteiger charge is -2.00. The molecule has 0 saturated carbocycles. The fourth-order valence-corrected chi connectivity index (χ4v) is 0.774. The number of carbonyl (C=O) groups is 1. The van der Waals surface area contributed by atoms with Crippen LogP contribution in [0, 0.1) is 5.95 Å². The summed E-state index contributed by atoms with van der Waals surface area (Å²) in [5.74, 6) is -0.832. The van der Waals surface area contributed by atoms with Crippen molar-refractivity contribution < 1.29 is 19.2 Å². The van der Waals surface area contributed by atoms with Crippen molar-refractivity contribution in [1.82, 2.24) is 4.98 Å². The van der Waals surface area contributed by atoms with Gasteiger partial charge in [-0.15, -0.1) is 0 Å². The summed E-state index contributed by atoms with van der Waals surface area (Å²) in [6, 6.07) is 2.04. The fourth-order valence-electron chi connectivity index (χ4n) is 0.774. The van der Waals surface area contributed by atoms with Crippen LogP contribution in [0.1, 0.15) is 10.5 Å². The van der Waals surface area contributed by atoms with Gasteiger partial charge in [0.1, 0.15) is 5.69 Å². The second-order valence-corrected chi connectivity index (χ2v) is 2.10. The molecule has 0 bridgehead atoms. The molecule has 0 aliphatic carbocycles. The first-order valence-corrected chi connectivity index (χ1v) is 3.13. The highest BCUT2D eigenvalue weighted by Gasteiger charge is 2.16. The number of hydrogen-bond donors (Lipinski definition) is 2. The minimum atomic E-state index is -1.81. The van der Waals surface area contributed by atoms with Gasteiger partial charge < -0.3 is 10.0 Å². The van der Waals surface area contributed by atoms with Gasteiger partial charge in [-0.1, -0.05) is 6.07 Å². The number of rotatable bonds is 2. The van der Waals surface area contributed by atoms with E-state index in [1.165, 1.54) is 0 Å². The molecule has 62 valence electrons. The van der Waals surface area contributed by atoms with Crippen molar-refractivity contribution in [2.24, 2.45) is 0 Å². The van der Waals surface area contributed by atoms with Gasteiger partial charge in [-0.3, -0.25) is 4.79 Å². The third-order valence-corrected chi connectivity index (χ3v) is 1.31. The molecule has 0 saturated heterocycles. The second kappa shape index (κ2) is 3.42. The Morgan fingerprint density at radius 1 is 1.50 bits per heavy atom. The van der Waals surface area contributed by atoms with Gasteiger partial charge in [-0.05, 0) is 6.07 Å². The van der Waals surface area contributed by atoms with Crippen molar-refractivity contribution in [3.8, 4) is 0 Å². The summed E-state index contributed by atoms with van der Waals surface area (Å²) in [7, 11) is -1.81. The van der Waals surface area contributed by atoms with Gasteiger partial charge in [-0.25, -0.2) is 4.98 Å². The van der Waals surface area contributed by atoms with Crippen molar-refractivity contribution in [2.75, 3.05) is 0 Å². The molecule has 0 aliphatic rings. The van der Waals surface area contributed by atoms with E-state index in [4.69, 9.17) is 10.0 Å². The number of pyridine rings is 1. The van der Waals surface area contributed by atoms with Gasteiger partial charge in [0.05, 0.1) is 0 Å². The van der Waals surface area contributed by atoms with E-state index in [2.05, 4.69) is 4.98 Å². The average Bonchev–Trinajstić information content (AvgIpc) is 2.03. The largest absolute Gasteiger partial charge is 0.490 e. The van der Waals surface area contributed by atoms with Crippen LogP contribution < -0.4 is 5.46 Å². The van der Waals surface area contributed by atoms with Crippen LogP contribution in [0.25, 0.3) is 0 Å². The summed E-state index contributed by atoms with van der Waals surface area (Å²) in [4.78, 5) is 13.4. The van der Waals surface area contributed by atoms with Gasteiger partial charge in [0.25, 0.3) is 0 Å². The van der Waals surface area contributed by atoms with E-state index in [1.807, 2.05) is 0 Å². The van der Waals surface area contributed by atoms with Crippen molar-refractivity contribution in [1.29, 1.82) is 0 Å². The average molecular weight is 169 g/mol. The molecule has 0 fully saturated rings. The molecule has 6 heteroatoms. The highest BCUT2D eigenvalue weighted by Crippen LogP contribution is 1.93. The summed E-state index contributed by atoms with van der Waals surface area (Å²) in [6.07, 6.45) is 0.262. The predicted octanol–water partition coefficient (Wildman–Crippen LogP) is -1.29. The Labute approximate surface area is 67.8 Å². The highest BCUT2D eigenvalue weighted by molar-refractivity contribution is 6.59. The molecule has 1 rings (SSSR count). The molecule has 1 aromatic rings. The zero-order chi connectivity index (χ0) is 9.14. The fraction of sp³-hybridized carbons (Fsp3) is 0. The first-order valence-electron chi connectivity index (χ1n) is 3.13. The van der Waals surface area contributed by atoms with Crippen LogP contribution >= 0.6 is 0 Å². The maximum absolute atomic E-state index is 12.4. The van der Waals surface area contributed by atoms with E-state index in [1.54, 1.807) is 0 Å². The monoisotopic (exact) mass is 169 g/mol. The molecule has 1 heterocycles. The highest BCUT2D eigenvalue weighted by atomic mass is 19.1. The number of nitrogens with zero attached hydrogens (tertiary/aromatic N) is 1. The maximum atomic E-state index is 12.4. The van der Waals surface area contributed by atoms with Crippen LogP contribution in [0.15, 0.2) is 12.1 Å². The van der Waals surface area contributed by atoms with Crippen LogP contribution in [0.2, 0.25) is 0 Å². The summed E-state index contributed by atoms with van der Waals surface area (Å²) < 4.78 is 12.4. The van der Waals surface area contributed by atoms with Crippen LogP contribution in [-0.2, 0) is 0 Å². The van der Waals surface area contributed by atoms with Crippen molar-refractivity contribution in [3.05, 3.63) is 23.8 Å². The normalized spacial score (nSPS) is 9.58. The number of hydrogen-bond acceptors (Lipinski definition) is 4. The zero-order valence-electron chi connectivity index (χ0n) is 5.94. The van der Waals surface area contributed by atoms with Crippen LogP contribution in [0.4, 0.5) is 4.39 Å². The van der Waals surface area contributed by atoms with Crippen molar-refractivity contribution >= 4 is 18.9 Å². The molecule has 0 spiro atoms. The Kier molecular flexibility index (Phi) is 2.52. The smallest absolute Gasteiger partial charge is 0.423 e.